The van der Waals surface area contributed by atoms with Crippen molar-refractivity contribution in [1.82, 2.24) is 0 Å². The lowest BCUT2D eigenvalue weighted by atomic mass is 10.0. The molecule has 2 rings (SSSR count). The number of nitriles is 1. The highest BCUT2D eigenvalue weighted by Crippen LogP contribution is 2.26. The molecule has 0 amide bonds. The van der Waals surface area contributed by atoms with E-state index in [-0.39, 0.29) is 6.10 Å². The maximum absolute atomic E-state index is 8.64. The van der Waals surface area contributed by atoms with Crippen LogP contribution in [0.15, 0.2) is 24.3 Å². The summed E-state index contributed by atoms with van der Waals surface area (Å²) in [5, 5.41) is 8.64. The van der Waals surface area contributed by atoms with Crippen LogP contribution in [0.3, 0.4) is 0 Å². The lowest BCUT2D eigenvalue weighted by Crippen LogP contribution is -2.20. The highest BCUT2D eigenvalue weighted by molar-refractivity contribution is 5.35. The van der Waals surface area contributed by atoms with Crippen LogP contribution < -0.4 is 4.74 Å². The maximum Gasteiger partial charge on any atom is 0.184 e. The third-order valence-electron chi connectivity index (χ3n) is 2.06. The zero-order valence-corrected chi connectivity index (χ0v) is 6.66. The predicted molar refractivity (Wildman–Crippen MR) is 44.8 cm³/mol. The molecule has 1 atom stereocenters. The Hall–Kier alpha value is -1.49. The van der Waals surface area contributed by atoms with Gasteiger partial charge in [-0.15, -0.1) is 0 Å². The normalized spacial score (nSPS) is 20.4. The molecule has 0 spiro atoms. The summed E-state index contributed by atoms with van der Waals surface area (Å²) in [7, 11) is 0. The zero-order chi connectivity index (χ0) is 8.39. The van der Waals surface area contributed by atoms with Gasteiger partial charge in [0.05, 0.1) is 0 Å². The minimum Gasteiger partial charge on any atom is -0.475 e. The quantitative estimate of drug-likeness (QED) is 0.579. The first kappa shape index (κ1) is 7.17. The molecule has 60 valence electrons. The van der Waals surface area contributed by atoms with E-state index in [9.17, 15) is 0 Å². The van der Waals surface area contributed by atoms with Crippen molar-refractivity contribution < 1.29 is 4.74 Å². The van der Waals surface area contributed by atoms with Crippen molar-refractivity contribution in [3.8, 4) is 11.8 Å². The van der Waals surface area contributed by atoms with Gasteiger partial charge in [-0.3, -0.25) is 0 Å². The number of rotatable bonds is 0. The summed E-state index contributed by atoms with van der Waals surface area (Å²) in [4.78, 5) is 0. The van der Waals surface area contributed by atoms with Gasteiger partial charge in [0, 0.05) is 6.42 Å². The second-order valence-corrected chi connectivity index (χ2v) is 2.88. The second-order valence-electron chi connectivity index (χ2n) is 2.88. The molecule has 1 aliphatic rings. The summed E-state index contributed by atoms with van der Waals surface area (Å²) in [6, 6.07) is 10.0. The van der Waals surface area contributed by atoms with Crippen LogP contribution in [0.4, 0.5) is 0 Å². The molecule has 0 aliphatic carbocycles. The van der Waals surface area contributed by atoms with Gasteiger partial charge in [0.15, 0.2) is 6.10 Å². The number of aryl methyl sites for hydroxylation is 1. The molecule has 0 fully saturated rings. The van der Waals surface area contributed by atoms with Crippen LogP contribution in [0, 0.1) is 11.3 Å². The number of para-hydroxylation sites is 1. The van der Waals surface area contributed by atoms with Crippen LogP contribution in [0.25, 0.3) is 0 Å². The Kier molecular flexibility index (Phi) is 1.71. The Balaban J connectivity index is 2.30. The number of fused-ring (bicyclic) bond motifs is 1. The minimum absolute atomic E-state index is 0.250. The van der Waals surface area contributed by atoms with Crippen LogP contribution in [-0.2, 0) is 6.42 Å². The third kappa shape index (κ3) is 1.14. The van der Waals surface area contributed by atoms with E-state index in [0.29, 0.717) is 0 Å². The van der Waals surface area contributed by atoms with Gasteiger partial charge in [-0.05, 0) is 18.1 Å². The van der Waals surface area contributed by atoms with Gasteiger partial charge in [-0.1, -0.05) is 18.2 Å². The molecule has 0 aromatic heterocycles. The molecule has 2 heteroatoms. The lowest BCUT2D eigenvalue weighted by molar-refractivity contribution is 0.225. The Labute approximate surface area is 71.4 Å². The van der Waals surface area contributed by atoms with Gasteiger partial charge in [-0.2, -0.15) is 5.26 Å². The molecule has 0 saturated heterocycles. The van der Waals surface area contributed by atoms with Crippen molar-refractivity contribution >= 4 is 0 Å². The molecule has 1 aromatic carbocycles. The molecule has 12 heavy (non-hydrogen) atoms. The smallest absolute Gasteiger partial charge is 0.184 e. The van der Waals surface area contributed by atoms with Crippen molar-refractivity contribution in [2.24, 2.45) is 0 Å². The number of hydrogen-bond donors (Lipinski definition) is 0. The van der Waals surface area contributed by atoms with Crippen LogP contribution in [-0.4, -0.2) is 6.10 Å². The Morgan fingerprint density at radius 1 is 1.42 bits per heavy atom. The zero-order valence-electron chi connectivity index (χ0n) is 6.66. The number of benzene rings is 1. The van der Waals surface area contributed by atoms with E-state index in [1.54, 1.807) is 0 Å². The Morgan fingerprint density at radius 3 is 3.08 bits per heavy atom. The van der Waals surface area contributed by atoms with Crippen LogP contribution in [0.1, 0.15) is 12.0 Å². The first-order chi connectivity index (χ1) is 5.90. The molecule has 0 bridgehead atoms. The molecule has 1 aromatic rings. The Morgan fingerprint density at radius 2 is 2.25 bits per heavy atom. The van der Waals surface area contributed by atoms with Gasteiger partial charge < -0.3 is 4.74 Å². The summed E-state index contributed by atoms with van der Waals surface area (Å²) in [6.07, 6.45) is 1.52. The molecule has 0 unspecified atom stereocenters. The maximum atomic E-state index is 8.64. The van der Waals surface area contributed by atoms with E-state index >= 15 is 0 Å². The van der Waals surface area contributed by atoms with Gasteiger partial charge >= 0.3 is 0 Å². The van der Waals surface area contributed by atoms with E-state index in [2.05, 4.69) is 6.07 Å². The molecule has 2 nitrogen and oxygen atoms in total. The molecule has 0 saturated carbocycles. The monoisotopic (exact) mass is 159 g/mol. The Bertz CT molecular complexity index is 327. The van der Waals surface area contributed by atoms with E-state index in [1.165, 1.54) is 5.56 Å². The standard InChI is InChI=1S/C10H9NO/c11-7-9-6-5-8-3-1-2-4-10(8)12-9/h1-4,9H,5-6H2/t9-/m0/s1. The van der Waals surface area contributed by atoms with Crippen LogP contribution in [0.5, 0.6) is 5.75 Å². The second kappa shape index (κ2) is 2.86. The summed E-state index contributed by atoms with van der Waals surface area (Å²) in [5.74, 6) is 0.871. The average Bonchev–Trinajstić information content (AvgIpc) is 2.17. The van der Waals surface area contributed by atoms with E-state index in [1.807, 2.05) is 24.3 Å². The lowest BCUT2D eigenvalue weighted by Gasteiger charge is -2.20. The first-order valence-electron chi connectivity index (χ1n) is 4.04. The number of hydrogen-bond acceptors (Lipinski definition) is 2. The molecule has 0 radical (unpaired) electrons. The number of ether oxygens (including phenoxy) is 1. The highest BCUT2D eigenvalue weighted by atomic mass is 16.5. The predicted octanol–water partition coefficient (Wildman–Crippen LogP) is 1.90. The van der Waals surface area contributed by atoms with Crippen LogP contribution >= 0.6 is 0 Å². The largest absolute Gasteiger partial charge is 0.475 e. The molecular formula is C10H9NO. The summed E-state index contributed by atoms with van der Waals surface area (Å²) >= 11 is 0. The average molecular weight is 159 g/mol. The molecule has 1 heterocycles. The fourth-order valence-corrected chi connectivity index (χ4v) is 1.42. The fraction of sp³-hybridized carbons (Fsp3) is 0.300. The van der Waals surface area contributed by atoms with Gasteiger partial charge in [0.25, 0.3) is 0 Å². The minimum atomic E-state index is -0.250. The van der Waals surface area contributed by atoms with E-state index in [4.69, 9.17) is 10.00 Å². The van der Waals surface area contributed by atoms with Crippen molar-refractivity contribution in [3.05, 3.63) is 29.8 Å². The third-order valence-corrected chi connectivity index (χ3v) is 2.06. The molecule has 1 aliphatic heterocycles. The van der Waals surface area contributed by atoms with E-state index < -0.39 is 0 Å². The fourth-order valence-electron chi connectivity index (χ4n) is 1.42. The summed E-state index contributed by atoms with van der Waals surface area (Å²) < 4.78 is 5.42. The number of nitrogens with zero attached hydrogens (tertiary/aromatic N) is 1. The van der Waals surface area contributed by atoms with Crippen molar-refractivity contribution in [1.29, 1.82) is 5.26 Å². The van der Waals surface area contributed by atoms with Gasteiger partial charge in [0.1, 0.15) is 11.8 Å². The summed E-state index contributed by atoms with van der Waals surface area (Å²) in [5.41, 5.74) is 1.21. The van der Waals surface area contributed by atoms with Crippen molar-refractivity contribution in [2.75, 3.05) is 0 Å². The van der Waals surface area contributed by atoms with Crippen LogP contribution in [0.2, 0.25) is 0 Å². The summed E-state index contributed by atoms with van der Waals surface area (Å²) in [6.45, 7) is 0. The molecule has 0 N–H and O–H groups in total. The van der Waals surface area contributed by atoms with Gasteiger partial charge in [0.2, 0.25) is 0 Å². The first-order valence-corrected chi connectivity index (χ1v) is 4.04. The topological polar surface area (TPSA) is 33.0 Å². The SMILES string of the molecule is N#C[C@@H]1CCc2ccccc2O1. The highest BCUT2D eigenvalue weighted by Gasteiger charge is 2.17. The molecular weight excluding hydrogens is 150 g/mol. The van der Waals surface area contributed by atoms with Crippen molar-refractivity contribution in [3.63, 3.8) is 0 Å². The van der Waals surface area contributed by atoms with Gasteiger partial charge in [-0.25, -0.2) is 0 Å². The van der Waals surface area contributed by atoms with Crippen molar-refractivity contribution in [2.45, 2.75) is 18.9 Å². The van der Waals surface area contributed by atoms with E-state index in [0.717, 1.165) is 18.6 Å².